The lowest BCUT2D eigenvalue weighted by molar-refractivity contribution is 0.0730. The standard InChI is InChI=1S/C25H31FN4O2Si/c1-25(2,31)22-14-27-23-11-8-19(15-30(22)23)21-16-29(17-32-12-13-33(3,4)5)28-24(21)18-6-9-20(26)10-7-18/h6-11,14-16,31H,12-13,17H2,1-5H3. The van der Waals surface area contributed by atoms with E-state index in [0.29, 0.717) is 19.0 Å². The summed E-state index contributed by atoms with van der Waals surface area (Å²) >= 11 is 0. The van der Waals surface area contributed by atoms with Crippen LogP contribution in [0.1, 0.15) is 19.5 Å². The Kier molecular flexibility index (Phi) is 6.26. The Balaban J connectivity index is 1.73. The van der Waals surface area contributed by atoms with E-state index in [9.17, 15) is 9.50 Å². The minimum Gasteiger partial charge on any atom is -0.384 e. The van der Waals surface area contributed by atoms with Crippen LogP contribution in [-0.4, -0.2) is 39.0 Å². The molecule has 0 aliphatic heterocycles. The molecule has 4 rings (SSSR count). The van der Waals surface area contributed by atoms with Gasteiger partial charge in [0, 0.05) is 43.8 Å². The fourth-order valence-corrected chi connectivity index (χ4v) is 4.41. The van der Waals surface area contributed by atoms with E-state index in [4.69, 9.17) is 9.84 Å². The van der Waals surface area contributed by atoms with Crippen LogP contribution in [0.2, 0.25) is 25.7 Å². The largest absolute Gasteiger partial charge is 0.384 e. The molecule has 0 radical (unpaired) electrons. The number of ether oxygens (including phenoxy) is 1. The fraction of sp³-hybridized carbons (Fsp3) is 0.360. The monoisotopic (exact) mass is 466 g/mol. The van der Waals surface area contributed by atoms with Gasteiger partial charge in [-0.15, -0.1) is 0 Å². The first-order chi connectivity index (χ1) is 15.5. The maximum Gasteiger partial charge on any atom is 0.139 e. The van der Waals surface area contributed by atoms with Gasteiger partial charge in [-0.25, -0.2) is 14.1 Å². The Hall–Kier alpha value is -2.81. The highest BCUT2D eigenvalue weighted by atomic mass is 28.3. The molecule has 0 saturated carbocycles. The lowest BCUT2D eigenvalue weighted by Crippen LogP contribution is -2.22. The molecule has 3 heterocycles. The minimum atomic E-state index is -1.17. The number of fused-ring (bicyclic) bond motifs is 1. The highest BCUT2D eigenvalue weighted by Crippen LogP contribution is 2.32. The van der Waals surface area contributed by atoms with Crippen LogP contribution in [0.15, 0.2) is 55.0 Å². The van der Waals surface area contributed by atoms with Gasteiger partial charge in [0.05, 0.1) is 11.9 Å². The Bertz CT molecular complexity index is 1250. The third-order valence-corrected chi connectivity index (χ3v) is 7.25. The van der Waals surface area contributed by atoms with Crippen LogP contribution in [0.5, 0.6) is 0 Å². The summed E-state index contributed by atoms with van der Waals surface area (Å²) in [5, 5.41) is 15.3. The zero-order valence-corrected chi connectivity index (χ0v) is 20.8. The second-order valence-electron chi connectivity index (χ2n) is 10.1. The van der Waals surface area contributed by atoms with Gasteiger partial charge in [0.25, 0.3) is 0 Å². The van der Waals surface area contributed by atoms with Crippen molar-refractivity contribution >= 4 is 13.7 Å². The normalized spacial score (nSPS) is 12.6. The number of pyridine rings is 1. The zero-order valence-electron chi connectivity index (χ0n) is 19.8. The molecule has 174 valence electrons. The second-order valence-corrected chi connectivity index (χ2v) is 15.8. The first-order valence-corrected chi connectivity index (χ1v) is 14.8. The number of hydrogen-bond donors (Lipinski definition) is 1. The molecule has 0 amide bonds. The van der Waals surface area contributed by atoms with Crippen molar-refractivity contribution in [2.75, 3.05) is 6.61 Å². The third-order valence-electron chi connectivity index (χ3n) is 5.54. The smallest absolute Gasteiger partial charge is 0.139 e. The van der Waals surface area contributed by atoms with Gasteiger partial charge in [-0.2, -0.15) is 5.10 Å². The molecule has 8 heteroatoms. The van der Waals surface area contributed by atoms with Crippen molar-refractivity contribution in [3.05, 3.63) is 66.5 Å². The minimum absolute atomic E-state index is 0.288. The topological polar surface area (TPSA) is 64.6 Å². The quantitative estimate of drug-likeness (QED) is 0.273. The maximum atomic E-state index is 13.6. The summed E-state index contributed by atoms with van der Waals surface area (Å²) < 4.78 is 23.1. The molecule has 0 saturated heterocycles. The molecule has 0 aliphatic rings. The van der Waals surface area contributed by atoms with E-state index in [1.54, 1.807) is 36.9 Å². The molecule has 0 fully saturated rings. The van der Waals surface area contributed by atoms with E-state index >= 15 is 0 Å². The van der Waals surface area contributed by atoms with Crippen LogP contribution < -0.4 is 0 Å². The summed E-state index contributed by atoms with van der Waals surface area (Å²) in [5.41, 5.74) is 3.79. The molecule has 6 nitrogen and oxygen atoms in total. The summed E-state index contributed by atoms with van der Waals surface area (Å²) in [6.07, 6.45) is 5.60. The molecule has 0 spiro atoms. The van der Waals surface area contributed by atoms with Gasteiger partial charge in [0.2, 0.25) is 0 Å². The van der Waals surface area contributed by atoms with Crippen molar-refractivity contribution < 1.29 is 14.2 Å². The van der Waals surface area contributed by atoms with Gasteiger partial charge in [-0.1, -0.05) is 19.6 Å². The summed E-state index contributed by atoms with van der Waals surface area (Å²) in [5.74, 6) is -0.288. The summed E-state index contributed by atoms with van der Waals surface area (Å²) in [6, 6.07) is 11.3. The lowest BCUT2D eigenvalue weighted by atomic mass is 10.0. The molecule has 3 aromatic heterocycles. The number of rotatable bonds is 8. The average Bonchev–Trinajstić information content (AvgIpc) is 3.35. The molecular weight excluding hydrogens is 435 g/mol. The van der Waals surface area contributed by atoms with Crippen molar-refractivity contribution in [3.8, 4) is 22.4 Å². The predicted molar refractivity (Wildman–Crippen MR) is 131 cm³/mol. The molecule has 0 aliphatic carbocycles. The van der Waals surface area contributed by atoms with Gasteiger partial charge in [-0.3, -0.25) is 0 Å². The van der Waals surface area contributed by atoms with E-state index < -0.39 is 13.7 Å². The van der Waals surface area contributed by atoms with E-state index in [0.717, 1.165) is 34.1 Å². The molecule has 0 atom stereocenters. The Morgan fingerprint density at radius 1 is 1.03 bits per heavy atom. The van der Waals surface area contributed by atoms with Gasteiger partial charge in [-0.05, 0) is 56.3 Å². The summed E-state index contributed by atoms with van der Waals surface area (Å²) in [4.78, 5) is 4.41. The van der Waals surface area contributed by atoms with Crippen LogP contribution in [0.25, 0.3) is 28.0 Å². The maximum absolute atomic E-state index is 13.6. The van der Waals surface area contributed by atoms with Crippen molar-refractivity contribution in [1.82, 2.24) is 19.2 Å². The Labute approximate surface area is 194 Å². The molecule has 33 heavy (non-hydrogen) atoms. The third kappa shape index (κ3) is 5.40. The van der Waals surface area contributed by atoms with Crippen LogP contribution in [0, 0.1) is 5.82 Å². The molecule has 4 aromatic rings. The van der Waals surface area contributed by atoms with Crippen molar-refractivity contribution in [2.45, 2.75) is 51.9 Å². The fourth-order valence-electron chi connectivity index (χ4n) is 3.65. The van der Waals surface area contributed by atoms with E-state index in [1.165, 1.54) is 12.1 Å². The lowest BCUT2D eigenvalue weighted by Gasteiger charge is -2.17. The van der Waals surface area contributed by atoms with E-state index in [2.05, 4.69) is 24.6 Å². The molecule has 0 unspecified atom stereocenters. The molecular formula is C25H31FN4O2Si. The SMILES string of the molecule is CC(C)(O)c1cnc2ccc(-c3cn(COCC[Si](C)(C)C)nc3-c3ccc(F)cc3)cn12. The summed E-state index contributed by atoms with van der Waals surface area (Å²) in [7, 11) is -1.17. The van der Waals surface area contributed by atoms with Crippen LogP contribution in [0.3, 0.4) is 0 Å². The zero-order chi connectivity index (χ0) is 23.8. The van der Waals surface area contributed by atoms with Gasteiger partial charge < -0.3 is 14.2 Å². The highest BCUT2D eigenvalue weighted by Gasteiger charge is 2.22. The van der Waals surface area contributed by atoms with E-state index in [-0.39, 0.29) is 5.82 Å². The van der Waals surface area contributed by atoms with Crippen LogP contribution in [-0.2, 0) is 17.1 Å². The molecule has 1 N–H and O–H groups in total. The Morgan fingerprint density at radius 3 is 2.39 bits per heavy atom. The number of aliphatic hydroxyl groups is 1. The van der Waals surface area contributed by atoms with Crippen molar-refractivity contribution in [3.63, 3.8) is 0 Å². The van der Waals surface area contributed by atoms with Crippen LogP contribution in [0.4, 0.5) is 4.39 Å². The number of hydrogen-bond acceptors (Lipinski definition) is 4. The first kappa shape index (κ1) is 23.3. The number of nitrogens with zero attached hydrogens (tertiary/aromatic N) is 4. The average molecular weight is 467 g/mol. The second kappa shape index (κ2) is 8.85. The van der Waals surface area contributed by atoms with E-state index in [1.807, 2.05) is 28.9 Å². The molecule has 0 bridgehead atoms. The van der Waals surface area contributed by atoms with Crippen molar-refractivity contribution in [2.24, 2.45) is 0 Å². The highest BCUT2D eigenvalue weighted by molar-refractivity contribution is 6.76. The number of halogens is 1. The number of aromatic nitrogens is 4. The number of benzene rings is 1. The molecule has 1 aromatic carbocycles. The summed E-state index contributed by atoms with van der Waals surface area (Å²) in [6.45, 7) is 11.5. The van der Waals surface area contributed by atoms with Crippen LogP contribution >= 0.6 is 0 Å². The number of imidazole rings is 1. The first-order valence-electron chi connectivity index (χ1n) is 11.1. The Morgan fingerprint density at radius 2 is 1.73 bits per heavy atom. The van der Waals surface area contributed by atoms with Gasteiger partial charge in [0.15, 0.2) is 0 Å². The predicted octanol–water partition coefficient (Wildman–Crippen LogP) is 5.54. The van der Waals surface area contributed by atoms with Gasteiger partial charge >= 0.3 is 0 Å². The van der Waals surface area contributed by atoms with Gasteiger partial charge in [0.1, 0.15) is 29.5 Å². The van der Waals surface area contributed by atoms with Crippen molar-refractivity contribution in [1.29, 1.82) is 0 Å².